The Morgan fingerprint density at radius 1 is 1.06 bits per heavy atom. The summed E-state index contributed by atoms with van der Waals surface area (Å²) in [7, 11) is 0. The number of rotatable bonds is 7. The molecule has 0 atom stereocenters. The molecule has 0 unspecified atom stereocenters. The van der Waals surface area contributed by atoms with E-state index in [2.05, 4.69) is 25.9 Å². The van der Waals surface area contributed by atoms with E-state index in [-0.39, 0.29) is 34.5 Å². The van der Waals surface area contributed by atoms with Crippen LogP contribution in [0.1, 0.15) is 34.5 Å². The summed E-state index contributed by atoms with van der Waals surface area (Å²) in [6.45, 7) is 0.0783. The highest BCUT2D eigenvalue weighted by Crippen LogP contribution is 2.38. The van der Waals surface area contributed by atoms with Gasteiger partial charge < -0.3 is 21.7 Å². The van der Waals surface area contributed by atoms with Gasteiger partial charge in [0, 0.05) is 11.2 Å². The number of benzene rings is 1. The maximum absolute atomic E-state index is 13.3. The van der Waals surface area contributed by atoms with Gasteiger partial charge in [0.25, 0.3) is 5.91 Å². The normalized spacial score (nSPS) is 14.2. The van der Waals surface area contributed by atoms with Crippen LogP contribution in [0.2, 0.25) is 5.02 Å². The molecule has 0 bridgehead atoms. The Morgan fingerprint density at radius 2 is 1.83 bits per heavy atom. The number of halogens is 4. The van der Waals surface area contributed by atoms with E-state index < -0.39 is 23.2 Å². The molecule has 1 aliphatic rings. The fourth-order valence-electron chi connectivity index (χ4n) is 3.32. The fourth-order valence-corrected chi connectivity index (χ4v) is 3.49. The lowest BCUT2D eigenvalue weighted by molar-refractivity contribution is -0.137. The number of nitrogens with two attached hydrogens (primary N) is 1. The van der Waals surface area contributed by atoms with Crippen molar-refractivity contribution in [3.63, 3.8) is 0 Å². The SMILES string of the molecule is Nc1ccc(C(=O)NC2(C(=O)NCc3ccc(Nc4ccc(Cl)cc4C(F)(F)F)cn3)CC2)cn1. The predicted octanol–water partition coefficient (Wildman–Crippen LogP) is 4.05. The topological polar surface area (TPSA) is 122 Å². The summed E-state index contributed by atoms with van der Waals surface area (Å²) < 4.78 is 39.8. The van der Waals surface area contributed by atoms with Gasteiger partial charge in [-0.2, -0.15) is 13.2 Å². The summed E-state index contributed by atoms with van der Waals surface area (Å²) in [6, 6.07) is 9.58. The van der Waals surface area contributed by atoms with Crippen LogP contribution in [0, 0.1) is 0 Å². The van der Waals surface area contributed by atoms with Crippen molar-refractivity contribution in [1.29, 1.82) is 0 Å². The Hall–Kier alpha value is -3.86. The van der Waals surface area contributed by atoms with Crippen LogP contribution in [0.5, 0.6) is 0 Å². The van der Waals surface area contributed by atoms with E-state index in [1.165, 1.54) is 36.7 Å². The van der Waals surface area contributed by atoms with Crippen LogP contribution < -0.4 is 21.7 Å². The van der Waals surface area contributed by atoms with Crippen LogP contribution in [0.3, 0.4) is 0 Å². The number of hydrogen-bond acceptors (Lipinski definition) is 6. The number of pyridine rings is 2. The number of nitrogens with one attached hydrogen (secondary N) is 3. The van der Waals surface area contributed by atoms with Gasteiger partial charge in [-0.05, 0) is 55.3 Å². The Labute approximate surface area is 203 Å². The van der Waals surface area contributed by atoms with E-state index in [0.29, 0.717) is 24.2 Å². The number of nitrogen functional groups attached to an aromatic ring is 1. The lowest BCUT2D eigenvalue weighted by atomic mass is 10.1. The molecule has 2 amide bonds. The Kier molecular flexibility index (Phi) is 6.53. The third kappa shape index (κ3) is 5.80. The smallest absolute Gasteiger partial charge is 0.384 e. The molecule has 1 aromatic carbocycles. The molecule has 0 spiro atoms. The van der Waals surface area contributed by atoms with E-state index in [1.54, 1.807) is 12.1 Å². The highest BCUT2D eigenvalue weighted by Gasteiger charge is 2.51. The largest absolute Gasteiger partial charge is 0.418 e. The second-order valence-electron chi connectivity index (χ2n) is 8.04. The van der Waals surface area contributed by atoms with Gasteiger partial charge >= 0.3 is 6.18 Å². The van der Waals surface area contributed by atoms with Crippen molar-refractivity contribution in [3.8, 4) is 0 Å². The number of carbonyl (C=O) groups is 2. The minimum atomic E-state index is -4.58. The first kappa shape index (κ1) is 24.3. The molecule has 1 aliphatic carbocycles. The van der Waals surface area contributed by atoms with Crippen LogP contribution in [-0.2, 0) is 17.5 Å². The fraction of sp³-hybridized carbons (Fsp3) is 0.217. The standard InChI is InChI=1S/C23H20ClF3N6O2/c24-14-2-5-18(17(9-14)23(25,26)27)32-16-4-3-15(29-12-16)11-31-21(35)22(7-8-22)33-20(34)13-1-6-19(28)30-10-13/h1-6,9-10,12,32H,7-8,11H2,(H2,28,30)(H,31,35)(H,33,34). The first-order chi connectivity index (χ1) is 16.6. The number of alkyl halides is 3. The number of amides is 2. The van der Waals surface area contributed by atoms with E-state index >= 15 is 0 Å². The molecule has 2 heterocycles. The predicted molar refractivity (Wildman–Crippen MR) is 124 cm³/mol. The zero-order chi connectivity index (χ0) is 25.2. The van der Waals surface area contributed by atoms with Gasteiger partial charge in [0.1, 0.15) is 11.4 Å². The van der Waals surface area contributed by atoms with Crippen molar-refractivity contribution in [2.45, 2.75) is 31.1 Å². The average molecular weight is 505 g/mol. The number of anilines is 3. The van der Waals surface area contributed by atoms with Crippen LogP contribution in [-0.4, -0.2) is 27.3 Å². The van der Waals surface area contributed by atoms with Crippen LogP contribution in [0.15, 0.2) is 54.9 Å². The average Bonchev–Trinajstić information content (AvgIpc) is 3.60. The first-order valence-corrected chi connectivity index (χ1v) is 10.8. The van der Waals surface area contributed by atoms with E-state index in [0.717, 1.165) is 6.07 Å². The van der Waals surface area contributed by atoms with E-state index in [4.69, 9.17) is 17.3 Å². The van der Waals surface area contributed by atoms with Gasteiger partial charge in [-0.25, -0.2) is 4.98 Å². The molecule has 2 aromatic heterocycles. The number of hydrogen-bond donors (Lipinski definition) is 4. The molecule has 0 radical (unpaired) electrons. The highest BCUT2D eigenvalue weighted by atomic mass is 35.5. The van der Waals surface area contributed by atoms with Crippen molar-refractivity contribution in [2.24, 2.45) is 0 Å². The summed E-state index contributed by atoms with van der Waals surface area (Å²) in [5.74, 6) is -0.503. The summed E-state index contributed by atoms with van der Waals surface area (Å²) in [5, 5.41) is 8.13. The van der Waals surface area contributed by atoms with Gasteiger partial charge in [-0.15, -0.1) is 0 Å². The quantitative estimate of drug-likeness (QED) is 0.385. The third-order valence-corrected chi connectivity index (χ3v) is 5.64. The van der Waals surface area contributed by atoms with E-state index in [9.17, 15) is 22.8 Å². The number of carbonyl (C=O) groups excluding carboxylic acids is 2. The summed E-state index contributed by atoms with van der Waals surface area (Å²) in [5.41, 5.74) is 4.57. The van der Waals surface area contributed by atoms with Gasteiger partial charge in [-0.3, -0.25) is 14.6 Å². The molecule has 12 heteroatoms. The highest BCUT2D eigenvalue weighted by molar-refractivity contribution is 6.30. The molecule has 3 aromatic rings. The third-order valence-electron chi connectivity index (χ3n) is 5.41. The van der Waals surface area contributed by atoms with Crippen LogP contribution >= 0.6 is 11.6 Å². The molecular formula is C23H20ClF3N6O2. The summed E-state index contributed by atoms with van der Waals surface area (Å²) in [4.78, 5) is 33.1. The second kappa shape index (κ2) is 9.41. The molecular weight excluding hydrogens is 485 g/mol. The van der Waals surface area contributed by atoms with Crippen molar-refractivity contribution >= 4 is 40.6 Å². The molecule has 5 N–H and O–H groups in total. The van der Waals surface area contributed by atoms with Crippen molar-refractivity contribution in [2.75, 3.05) is 11.1 Å². The van der Waals surface area contributed by atoms with E-state index in [1.807, 2.05) is 0 Å². The van der Waals surface area contributed by atoms with Gasteiger partial charge in [0.2, 0.25) is 5.91 Å². The molecule has 1 saturated carbocycles. The zero-order valence-corrected chi connectivity index (χ0v) is 18.9. The minimum absolute atomic E-state index is 0.0261. The molecule has 0 aliphatic heterocycles. The number of aromatic nitrogens is 2. The van der Waals surface area contributed by atoms with Gasteiger partial charge in [0.05, 0.1) is 40.9 Å². The van der Waals surface area contributed by atoms with Gasteiger partial charge in [-0.1, -0.05) is 11.6 Å². The Bertz CT molecular complexity index is 1250. The molecule has 0 saturated heterocycles. The lowest BCUT2D eigenvalue weighted by Crippen LogP contribution is -2.48. The minimum Gasteiger partial charge on any atom is -0.384 e. The summed E-state index contributed by atoms with van der Waals surface area (Å²) >= 11 is 5.70. The van der Waals surface area contributed by atoms with Crippen molar-refractivity contribution in [1.82, 2.24) is 20.6 Å². The molecule has 8 nitrogen and oxygen atoms in total. The number of nitrogens with zero attached hydrogens (tertiary/aromatic N) is 2. The Balaban J connectivity index is 1.34. The molecule has 4 rings (SSSR count). The lowest BCUT2D eigenvalue weighted by Gasteiger charge is -2.17. The van der Waals surface area contributed by atoms with Crippen LogP contribution in [0.25, 0.3) is 0 Å². The first-order valence-electron chi connectivity index (χ1n) is 10.5. The molecule has 35 heavy (non-hydrogen) atoms. The molecule has 1 fully saturated rings. The monoisotopic (exact) mass is 504 g/mol. The summed E-state index contributed by atoms with van der Waals surface area (Å²) in [6.07, 6.45) is -0.903. The van der Waals surface area contributed by atoms with Crippen molar-refractivity contribution < 1.29 is 22.8 Å². The maximum Gasteiger partial charge on any atom is 0.418 e. The molecule has 182 valence electrons. The maximum atomic E-state index is 13.3. The zero-order valence-electron chi connectivity index (χ0n) is 18.1. The van der Waals surface area contributed by atoms with Crippen molar-refractivity contribution in [3.05, 3.63) is 76.7 Å². The van der Waals surface area contributed by atoms with Gasteiger partial charge in [0.15, 0.2) is 0 Å². The Morgan fingerprint density at radius 3 is 2.43 bits per heavy atom. The van der Waals surface area contributed by atoms with Crippen LogP contribution in [0.4, 0.5) is 30.4 Å². The second-order valence-corrected chi connectivity index (χ2v) is 8.48.